The number of nitrogens with zero attached hydrogens (tertiary/aromatic N) is 1. The zero-order valence-corrected chi connectivity index (χ0v) is 17.0. The van der Waals surface area contributed by atoms with Gasteiger partial charge in [0.05, 0.1) is 15.5 Å². The second-order valence-corrected chi connectivity index (χ2v) is 7.29. The average molecular weight is 440 g/mol. The Morgan fingerprint density at radius 1 is 1.16 bits per heavy atom. The molecule has 8 heteroatoms. The van der Waals surface area contributed by atoms with Gasteiger partial charge in [-0.25, -0.2) is 4.39 Å². The van der Waals surface area contributed by atoms with Crippen LogP contribution < -0.4 is 9.47 Å². The van der Waals surface area contributed by atoms with E-state index >= 15 is 0 Å². The third-order valence-corrected chi connectivity index (χ3v) is 5.19. The minimum atomic E-state index is -0.492. The number of allylic oxidation sites excluding steroid dienone is 1. The first-order valence-corrected chi connectivity index (χ1v) is 9.60. The highest BCUT2D eigenvalue weighted by Crippen LogP contribution is 2.39. The van der Waals surface area contributed by atoms with Crippen molar-refractivity contribution in [3.63, 3.8) is 0 Å². The molecule has 1 aliphatic rings. The molecule has 0 N–H and O–H groups in total. The Morgan fingerprint density at radius 3 is 2.58 bits per heavy atom. The second kappa shape index (κ2) is 8.20. The molecule has 31 heavy (non-hydrogen) atoms. The number of benzene rings is 3. The van der Waals surface area contributed by atoms with Gasteiger partial charge in [0.2, 0.25) is 5.78 Å². The summed E-state index contributed by atoms with van der Waals surface area (Å²) in [6.45, 7) is 1.89. The van der Waals surface area contributed by atoms with Crippen LogP contribution in [0.2, 0.25) is 5.02 Å². The number of rotatable bonds is 5. The van der Waals surface area contributed by atoms with Crippen molar-refractivity contribution in [2.24, 2.45) is 0 Å². The Hall–Kier alpha value is -3.71. The Bertz CT molecular complexity index is 1240. The molecule has 1 heterocycles. The highest BCUT2D eigenvalue weighted by Gasteiger charge is 2.30. The van der Waals surface area contributed by atoms with Crippen molar-refractivity contribution >= 4 is 29.1 Å². The van der Waals surface area contributed by atoms with E-state index in [-0.39, 0.29) is 28.9 Å². The number of hydrogen-bond donors (Lipinski definition) is 0. The third-order valence-electron chi connectivity index (χ3n) is 4.84. The van der Waals surface area contributed by atoms with Crippen LogP contribution in [0.4, 0.5) is 10.1 Å². The number of carbonyl (C=O) groups excluding carboxylic acids is 1. The number of non-ortho nitro benzene ring substituents is 1. The highest BCUT2D eigenvalue weighted by molar-refractivity contribution is 6.31. The molecular weight excluding hydrogens is 425 g/mol. The number of nitro benzene ring substituents is 1. The summed E-state index contributed by atoms with van der Waals surface area (Å²) >= 11 is 6.04. The van der Waals surface area contributed by atoms with Gasteiger partial charge < -0.3 is 9.47 Å². The summed E-state index contributed by atoms with van der Waals surface area (Å²) in [5.41, 5.74) is 2.22. The number of hydrogen-bond acceptors (Lipinski definition) is 5. The maximum absolute atomic E-state index is 13.2. The van der Waals surface area contributed by atoms with Crippen molar-refractivity contribution in [3.05, 3.63) is 104 Å². The first kappa shape index (κ1) is 20.6. The first-order chi connectivity index (χ1) is 14.8. The van der Waals surface area contributed by atoms with Crippen LogP contribution in [0.15, 0.2) is 60.4 Å². The van der Waals surface area contributed by atoms with Crippen LogP contribution >= 0.6 is 11.6 Å². The molecule has 0 saturated heterocycles. The SMILES string of the molecule is Cc1c(OCc2ccc(F)cc2Cl)ccc2c1O/C(=C\c1ccc([N+](=O)[O-])cc1)C2=O. The number of Topliss-reactive ketones (excluding diaryl/α,β-unsaturated/α-hetero) is 1. The summed E-state index contributed by atoms with van der Waals surface area (Å²) in [5, 5.41) is 11.0. The van der Waals surface area contributed by atoms with Gasteiger partial charge >= 0.3 is 0 Å². The Kier molecular flexibility index (Phi) is 5.44. The fraction of sp³-hybridized carbons (Fsp3) is 0.0870. The molecule has 3 aromatic rings. The van der Waals surface area contributed by atoms with E-state index in [1.165, 1.54) is 30.3 Å². The molecule has 4 rings (SSSR count). The maximum Gasteiger partial charge on any atom is 0.269 e. The summed E-state index contributed by atoms with van der Waals surface area (Å²) in [6, 6.07) is 13.1. The molecule has 3 aromatic carbocycles. The first-order valence-electron chi connectivity index (χ1n) is 9.22. The monoisotopic (exact) mass is 439 g/mol. The minimum Gasteiger partial charge on any atom is -0.488 e. The summed E-state index contributed by atoms with van der Waals surface area (Å²) in [4.78, 5) is 23.0. The summed E-state index contributed by atoms with van der Waals surface area (Å²) in [5.74, 6) is 0.293. The number of halogens is 2. The van der Waals surface area contributed by atoms with Crippen molar-refractivity contribution < 1.29 is 23.6 Å². The van der Waals surface area contributed by atoms with Crippen molar-refractivity contribution in [1.82, 2.24) is 0 Å². The molecule has 0 aromatic heterocycles. The minimum absolute atomic E-state index is 0.0389. The van der Waals surface area contributed by atoms with Crippen molar-refractivity contribution in [2.45, 2.75) is 13.5 Å². The Balaban J connectivity index is 1.55. The quantitative estimate of drug-likeness (QED) is 0.281. The van der Waals surface area contributed by atoms with Crippen molar-refractivity contribution in [3.8, 4) is 11.5 Å². The normalized spacial score (nSPS) is 13.8. The maximum atomic E-state index is 13.2. The molecule has 156 valence electrons. The number of carbonyl (C=O) groups is 1. The van der Waals surface area contributed by atoms with Gasteiger partial charge in [0.15, 0.2) is 5.76 Å². The topological polar surface area (TPSA) is 78.7 Å². The Labute approximate surface area is 181 Å². The highest BCUT2D eigenvalue weighted by atomic mass is 35.5. The predicted molar refractivity (Wildman–Crippen MR) is 113 cm³/mol. The summed E-state index contributed by atoms with van der Waals surface area (Å²) in [6.07, 6.45) is 1.53. The number of ketones is 1. The second-order valence-electron chi connectivity index (χ2n) is 6.88. The number of ether oxygens (including phenoxy) is 2. The number of nitro groups is 1. The zero-order valence-electron chi connectivity index (χ0n) is 16.2. The van der Waals surface area contributed by atoms with Crippen LogP contribution in [-0.4, -0.2) is 10.7 Å². The lowest BCUT2D eigenvalue weighted by Crippen LogP contribution is -1.99. The van der Waals surface area contributed by atoms with E-state index in [2.05, 4.69) is 0 Å². The Morgan fingerprint density at radius 2 is 1.90 bits per heavy atom. The molecule has 0 fully saturated rings. The molecule has 1 aliphatic heterocycles. The molecular formula is C23H15ClFNO5. The van der Waals surface area contributed by atoms with Gasteiger partial charge in [0, 0.05) is 23.3 Å². The average Bonchev–Trinajstić information content (AvgIpc) is 3.05. The fourth-order valence-corrected chi connectivity index (χ4v) is 3.38. The van der Waals surface area contributed by atoms with Gasteiger partial charge in [-0.2, -0.15) is 0 Å². The van der Waals surface area contributed by atoms with Gasteiger partial charge in [-0.15, -0.1) is 0 Å². The van der Waals surface area contributed by atoms with Crippen LogP contribution in [0.25, 0.3) is 6.08 Å². The molecule has 0 aliphatic carbocycles. The van der Waals surface area contributed by atoms with Crippen molar-refractivity contribution in [1.29, 1.82) is 0 Å². The van der Waals surface area contributed by atoms with Crippen LogP contribution in [0.5, 0.6) is 11.5 Å². The van der Waals surface area contributed by atoms with Gasteiger partial charge in [0.25, 0.3) is 5.69 Å². The lowest BCUT2D eigenvalue weighted by Gasteiger charge is -2.12. The van der Waals surface area contributed by atoms with E-state index in [0.717, 1.165) is 0 Å². The smallest absolute Gasteiger partial charge is 0.269 e. The third kappa shape index (κ3) is 4.13. The van der Waals surface area contributed by atoms with Gasteiger partial charge in [0.1, 0.15) is 23.9 Å². The van der Waals surface area contributed by atoms with E-state index in [0.29, 0.717) is 33.8 Å². The summed E-state index contributed by atoms with van der Waals surface area (Å²) < 4.78 is 24.8. The zero-order chi connectivity index (χ0) is 22.1. The molecule has 0 spiro atoms. The van der Waals surface area contributed by atoms with Crippen LogP contribution in [0.3, 0.4) is 0 Å². The lowest BCUT2D eigenvalue weighted by molar-refractivity contribution is -0.384. The molecule has 6 nitrogen and oxygen atoms in total. The molecule has 0 unspecified atom stereocenters. The van der Waals surface area contributed by atoms with E-state index in [9.17, 15) is 19.3 Å². The summed E-state index contributed by atoms with van der Waals surface area (Å²) in [7, 11) is 0. The molecule has 0 atom stereocenters. The predicted octanol–water partition coefficient (Wildman–Crippen LogP) is 5.89. The fourth-order valence-electron chi connectivity index (χ4n) is 3.16. The van der Waals surface area contributed by atoms with Crippen LogP contribution in [-0.2, 0) is 6.61 Å². The van der Waals surface area contributed by atoms with Crippen LogP contribution in [0, 0.1) is 22.9 Å². The number of fused-ring (bicyclic) bond motifs is 1. The van der Waals surface area contributed by atoms with E-state index in [1.807, 2.05) is 0 Å². The standard InChI is InChI=1S/C23H15ClFNO5/c1-13-20(30-12-15-4-5-16(25)11-19(15)24)9-8-18-22(27)21(31-23(13)18)10-14-2-6-17(7-3-14)26(28)29/h2-11H,12H2,1H3/b21-10-. The molecule has 0 bridgehead atoms. The largest absolute Gasteiger partial charge is 0.488 e. The molecule has 0 saturated carbocycles. The molecule has 0 radical (unpaired) electrons. The van der Waals surface area contributed by atoms with Gasteiger partial charge in [-0.1, -0.05) is 17.7 Å². The van der Waals surface area contributed by atoms with E-state index in [4.69, 9.17) is 21.1 Å². The molecule has 0 amide bonds. The van der Waals surface area contributed by atoms with Gasteiger partial charge in [-0.05, 0) is 55.0 Å². The van der Waals surface area contributed by atoms with Crippen molar-refractivity contribution in [2.75, 3.05) is 0 Å². The van der Waals surface area contributed by atoms with Gasteiger partial charge in [-0.3, -0.25) is 14.9 Å². The van der Waals surface area contributed by atoms with E-state index < -0.39 is 10.7 Å². The van der Waals surface area contributed by atoms with E-state index in [1.54, 1.807) is 37.3 Å². The lowest BCUT2D eigenvalue weighted by atomic mass is 10.1. The van der Waals surface area contributed by atoms with Crippen LogP contribution in [0.1, 0.15) is 27.0 Å².